The van der Waals surface area contributed by atoms with Crippen LogP contribution in [0.1, 0.15) is 24.0 Å². The van der Waals surface area contributed by atoms with E-state index in [1.165, 1.54) is 0 Å². The minimum Gasteiger partial charge on any atom is -0.409 e. The lowest BCUT2D eigenvalue weighted by Gasteiger charge is -2.18. The second-order valence-electron chi connectivity index (χ2n) is 5.23. The average Bonchev–Trinajstić information content (AvgIpc) is 3.18. The number of nitrogens with one attached hydrogen (secondary N) is 1. The van der Waals surface area contributed by atoms with Crippen molar-refractivity contribution >= 4 is 15.9 Å². The van der Waals surface area contributed by atoms with Crippen molar-refractivity contribution in [1.82, 2.24) is 4.72 Å². The Labute approximate surface area is 118 Å². The maximum absolute atomic E-state index is 12.4. The molecule has 1 atom stereocenters. The number of hydrogen-bond donors (Lipinski definition) is 3. The Morgan fingerprint density at radius 1 is 1.45 bits per heavy atom. The SMILES string of the molecule is Cc1ccc(S(=O)(=O)NC(C(N)=NO)C2CC2)c(C)c1. The number of oxime groups is 1. The molecule has 20 heavy (non-hydrogen) atoms. The molecule has 1 fully saturated rings. The van der Waals surface area contributed by atoms with Gasteiger partial charge in [0.15, 0.2) is 5.84 Å². The first-order valence-corrected chi connectivity index (χ1v) is 7.90. The van der Waals surface area contributed by atoms with Crippen molar-refractivity contribution in [3.8, 4) is 0 Å². The van der Waals surface area contributed by atoms with Crippen LogP contribution in [0.5, 0.6) is 0 Å². The first-order chi connectivity index (χ1) is 9.35. The third-order valence-electron chi connectivity index (χ3n) is 3.43. The Morgan fingerprint density at radius 3 is 2.60 bits per heavy atom. The second kappa shape index (κ2) is 5.41. The molecule has 0 aliphatic heterocycles. The summed E-state index contributed by atoms with van der Waals surface area (Å²) in [6.07, 6.45) is 1.74. The molecule has 0 spiro atoms. The predicted octanol–water partition coefficient (Wildman–Crippen LogP) is 1.11. The molecule has 1 aliphatic carbocycles. The van der Waals surface area contributed by atoms with Crippen LogP contribution in [0.15, 0.2) is 28.3 Å². The van der Waals surface area contributed by atoms with Gasteiger partial charge in [-0.3, -0.25) is 0 Å². The summed E-state index contributed by atoms with van der Waals surface area (Å²) in [5, 5.41) is 11.7. The summed E-state index contributed by atoms with van der Waals surface area (Å²) < 4.78 is 27.4. The summed E-state index contributed by atoms with van der Waals surface area (Å²) in [6, 6.07) is 4.48. The highest BCUT2D eigenvalue weighted by Crippen LogP contribution is 2.33. The van der Waals surface area contributed by atoms with E-state index in [-0.39, 0.29) is 16.6 Å². The molecule has 110 valence electrons. The van der Waals surface area contributed by atoms with E-state index in [0.29, 0.717) is 5.56 Å². The number of aryl methyl sites for hydroxylation is 2. The lowest BCUT2D eigenvalue weighted by molar-refractivity contribution is 0.314. The molecule has 0 heterocycles. The third-order valence-corrected chi connectivity index (χ3v) is 5.03. The van der Waals surface area contributed by atoms with Gasteiger partial charge in [0, 0.05) is 0 Å². The van der Waals surface area contributed by atoms with E-state index in [2.05, 4.69) is 9.88 Å². The van der Waals surface area contributed by atoms with Crippen LogP contribution in [0.25, 0.3) is 0 Å². The lowest BCUT2D eigenvalue weighted by atomic mass is 10.2. The second-order valence-corrected chi connectivity index (χ2v) is 6.91. The zero-order chi connectivity index (χ0) is 14.9. The van der Waals surface area contributed by atoms with Crippen LogP contribution in [0.4, 0.5) is 0 Å². The average molecular weight is 297 g/mol. The molecule has 1 unspecified atom stereocenters. The molecule has 0 bridgehead atoms. The van der Waals surface area contributed by atoms with Gasteiger partial charge in [0.1, 0.15) is 0 Å². The number of hydrogen-bond acceptors (Lipinski definition) is 4. The number of nitrogens with zero attached hydrogens (tertiary/aromatic N) is 1. The van der Waals surface area contributed by atoms with Gasteiger partial charge < -0.3 is 10.9 Å². The monoisotopic (exact) mass is 297 g/mol. The standard InChI is InChI=1S/C13H19N3O3S/c1-8-3-6-11(9(2)7-8)20(18,19)16-12(10-4-5-10)13(14)15-17/h3,6-7,10,12,16-17H,4-5H2,1-2H3,(H2,14,15). The Balaban J connectivity index is 2.30. The van der Waals surface area contributed by atoms with Crippen molar-refractivity contribution in [2.75, 3.05) is 0 Å². The first kappa shape index (κ1) is 14.8. The summed E-state index contributed by atoms with van der Waals surface area (Å²) in [5.41, 5.74) is 7.25. The van der Waals surface area contributed by atoms with Gasteiger partial charge in [0.2, 0.25) is 10.0 Å². The van der Waals surface area contributed by atoms with Crippen LogP contribution < -0.4 is 10.5 Å². The number of benzene rings is 1. The summed E-state index contributed by atoms with van der Waals surface area (Å²) in [6.45, 7) is 3.65. The molecule has 1 aromatic carbocycles. The number of amidine groups is 1. The van der Waals surface area contributed by atoms with Gasteiger partial charge >= 0.3 is 0 Å². The van der Waals surface area contributed by atoms with Gasteiger partial charge in [-0.25, -0.2) is 13.1 Å². The quantitative estimate of drug-likeness (QED) is 0.327. The molecule has 1 saturated carbocycles. The minimum absolute atomic E-state index is 0.0964. The number of sulfonamides is 1. The Kier molecular flexibility index (Phi) is 4.01. The summed E-state index contributed by atoms with van der Waals surface area (Å²) in [5.74, 6) is 0.00673. The van der Waals surface area contributed by atoms with Crippen molar-refractivity contribution in [1.29, 1.82) is 0 Å². The fraction of sp³-hybridized carbons (Fsp3) is 0.462. The molecule has 2 rings (SSSR count). The smallest absolute Gasteiger partial charge is 0.241 e. The molecule has 0 amide bonds. The van der Waals surface area contributed by atoms with E-state index in [0.717, 1.165) is 18.4 Å². The summed E-state index contributed by atoms with van der Waals surface area (Å²) in [7, 11) is -3.69. The van der Waals surface area contributed by atoms with E-state index >= 15 is 0 Å². The van der Waals surface area contributed by atoms with Crippen LogP contribution in [-0.2, 0) is 10.0 Å². The molecule has 6 nitrogen and oxygen atoms in total. The molecule has 1 aliphatic rings. The molecule has 1 aromatic rings. The zero-order valence-corrected chi connectivity index (χ0v) is 12.3. The van der Waals surface area contributed by atoms with Crippen LogP contribution in [-0.4, -0.2) is 25.5 Å². The normalized spacial score (nSPS) is 18.0. The molecule has 0 radical (unpaired) electrons. The van der Waals surface area contributed by atoms with Crippen molar-refractivity contribution in [3.05, 3.63) is 29.3 Å². The molecule has 4 N–H and O–H groups in total. The third kappa shape index (κ3) is 3.10. The van der Waals surface area contributed by atoms with E-state index in [1.54, 1.807) is 19.1 Å². The van der Waals surface area contributed by atoms with Crippen molar-refractivity contribution in [2.24, 2.45) is 16.8 Å². The van der Waals surface area contributed by atoms with Crippen LogP contribution in [0.2, 0.25) is 0 Å². The first-order valence-electron chi connectivity index (χ1n) is 6.42. The maximum Gasteiger partial charge on any atom is 0.241 e. The van der Waals surface area contributed by atoms with Gasteiger partial charge in [-0.2, -0.15) is 0 Å². The summed E-state index contributed by atoms with van der Waals surface area (Å²) >= 11 is 0. The Hall–Kier alpha value is -1.60. The molecule has 0 saturated heterocycles. The largest absolute Gasteiger partial charge is 0.409 e. The highest BCUT2D eigenvalue weighted by atomic mass is 32.2. The van der Waals surface area contributed by atoms with Gasteiger partial charge in [-0.05, 0) is 44.2 Å². The van der Waals surface area contributed by atoms with E-state index in [1.807, 2.05) is 13.0 Å². The van der Waals surface area contributed by atoms with Gasteiger partial charge in [0.05, 0.1) is 10.9 Å². The van der Waals surface area contributed by atoms with Crippen LogP contribution in [0.3, 0.4) is 0 Å². The van der Waals surface area contributed by atoms with Crippen LogP contribution >= 0.6 is 0 Å². The Morgan fingerprint density at radius 2 is 2.10 bits per heavy atom. The summed E-state index contributed by atoms with van der Waals surface area (Å²) in [4.78, 5) is 0.222. The lowest BCUT2D eigenvalue weighted by Crippen LogP contribution is -2.46. The number of nitrogens with two attached hydrogens (primary N) is 1. The maximum atomic E-state index is 12.4. The minimum atomic E-state index is -3.69. The van der Waals surface area contributed by atoms with Crippen molar-refractivity contribution in [2.45, 2.75) is 37.6 Å². The van der Waals surface area contributed by atoms with Gasteiger partial charge in [0.25, 0.3) is 0 Å². The van der Waals surface area contributed by atoms with Crippen molar-refractivity contribution in [3.63, 3.8) is 0 Å². The fourth-order valence-corrected chi connectivity index (χ4v) is 3.73. The van der Waals surface area contributed by atoms with E-state index in [9.17, 15) is 8.42 Å². The van der Waals surface area contributed by atoms with E-state index < -0.39 is 16.1 Å². The van der Waals surface area contributed by atoms with Crippen molar-refractivity contribution < 1.29 is 13.6 Å². The van der Waals surface area contributed by atoms with E-state index in [4.69, 9.17) is 10.9 Å². The highest BCUT2D eigenvalue weighted by molar-refractivity contribution is 7.89. The predicted molar refractivity (Wildman–Crippen MR) is 76.2 cm³/mol. The molecule has 7 heteroatoms. The fourth-order valence-electron chi connectivity index (χ4n) is 2.22. The van der Waals surface area contributed by atoms with Crippen LogP contribution in [0, 0.1) is 19.8 Å². The topological polar surface area (TPSA) is 105 Å². The zero-order valence-electron chi connectivity index (χ0n) is 11.5. The van der Waals surface area contributed by atoms with Gasteiger partial charge in [-0.15, -0.1) is 0 Å². The Bertz CT molecular complexity index is 636. The van der Waals surface area contributed by atoms with Gasteiger partial charge in [-0.1, -0.05) is 22.9 Å². The molecular weight excluding hydrogens is 278 g/mol. The highest BCUT2D eigenvalue weighted by Gasteiger charge is 2.37. The molecular formula is C13H19N3O3S. The molecule has 0 aromatic heterocycles. The number of rotatable bonds is 5.